The SMILES string of the molecule is CCOC1CCN(C(=NC)NCC(C)N2CCN(C)CC2)CC1. The van der Waals surface area contributed by atoms with E-state index in [1.165, 1.54) is 13.1 Å². The van der Waals surface area contributed by atoms with Crippen LogP contribution in [-0.2, 0) is 4.74 Å². The maximum Gasteiger partial charge on any atom is 0.193 e. The number of rotatable bonds is 5. The maximum atomic E-state index is 5.73. The Morgan fingerprint density at radius 2 is 1.83 bits per heavy atom. The van der Waals surface area contributed by atoms with Gasteiger partial charge in [0.05, 0.1) is 6.10 Å². The number of likely N-dealkylation sites (N-methyl/N-ethyl adjacent to an activating group) is 1. The first kappa shape index (κ1) is 18.5. The highest BCUT2D eigenvalue weighted by atomic mass is 16.5. The van der Waals surface area contributed by atoms with Gasteiger partial charge >= 0.3 is 0 Å². The van der Waals surface area contributed by atoms with Crippen LogP contribution in [0.2, 0.25) is 0 Å². The smallest absolute Gasteiger partial charge is 0.193 e. The van der Waals surface area contributed by atoms with Crippen LogP contribution in [0, 0.1) is 0 Å². The summed E-state index contributed by atoms with van der Waals surface area (Å²) in [6.45, 7) is 12.9. The molecule has 6 heteroatoms. The molecule has 0 amide bonds. The van der Waals surface area contributed by atoms with Crippen molar-refractivity contribution < 1.29 is 4.74 Å². The summed E-state index contributed by atoms with van der Waals surface area (Å²) in [7, 11) is 4.09. The Morgan fingerprint density at radius 1 is 1.17 bits per heavy atom. The number of nitrogens with zero attached hydrogens (tertiary/aromatic N) is 4. The number of likely N-dealkylation sites (tertiary alicyclic amines) is 1. The third kappa shape index (κ3) is 5.62. The van der Waals surface area contributed by atoms with Crippen molar-refractivity contribution in [1.29, 1.82) is 0 Å². The largest absolute Gasteiger partial charge is 0.378 e. The quantitative estimate of drug-likeness (QED) is 0.595. The summed E-state index contributed by atoms with van der Waals surface area (Å²) in [6.07, 6.45) is 2.63. The third-order valence-electron chi connectivity index (χ3n) is 5.07. The molecular weight excluding hydrogens is 290 g/mol. The Hall–Kier alpha value is -0.850. The van der Waals surface area contributed by atoms with E-state index in [1.807, 2.05) is 7.05 Å². The zero-order valence-electron chi connectivity index (χ0n) is 15.4. The normalized spacial score (nSPS) is 24.0. The summed E-state index contributed by atoms with van der Waals surface area (Å²) < 4.78 is 5.73. The molecule has 0 aliphatic carbocycles. The van der Waals surface area contributed by atoms with E-state index in [4.69, 9.17) is 4.74 Å². The van der Waals surface area contributed by atoms with Crippen molar-refractivity contribution in [3.63, 3.8) is 0 Å². The van der Waals surface area contributed by atoms with Gasteiger partial charge in [-0.3, -0.25) is 9.89 Å². The van der Waals surface area contributed by atoms with Gasteiger partial charge in [-0.25, -0.2) is 0 Å². The van der Waals surface area contributed by atoms with Crippen LogP contribution in [0.4, 0.5) is 0 Å². The maximum absolute atomic E-state index is 5.73. The van der Waals surface area contributed by atoms with Gasteiger partial charge in [0.15, 0.2) is 5.96 Å². The van der Waals surface area contributed by atoms with Crippen molar-refractivity contribution in [2.24, 2.45) is 4.99 Å². The lowest BCUT2D eigenvalue weighted by Gasteiger charge is -2.38. The van der Waals surface area contributed by atoms with E-state index in [2.05, 4.69) is 45.9 Å². The highest BCUT2D eigenvalue weighted by Crippen LogP contribution is 2.13. The predicted molar refractivity (Wildman–Crippen MR) is 96.1 cm³/mol. The molecule has 0 bridgehead atoms. The minimum Gasteiger partial charge on any atom is -0.378 e. The number of piperidine rings is 1. The van der Waals surface area contributed by atoms with Crippen molar-refractivity contribution in [3.8, 4) is 0 Å². The lowest BCUT2D eigenvalue weighted by molar-refractivity contribution is 0.0262. The second-order valence-electron chi connectivity index (χ2n) is 6.76. The molecule has 0 aromatic carbocycles. The fourth-order valence-electron chi connectivity index (χ4n) is 3.43. The van der Waals surface area contributed by atoms with E-state index in [0.717, 1.165) is 58.1 Å². The molecule has 0 aromatic rings. The number of ether oxygens (including phenoxy) is 1. The van der Waals surface area contributed by atoms with Crippen LogP contribution >= 0.6 is 0 Å². The highest BCUT2D eigenvalue weighted by molar-refractivity contribution is 5.80. The lowest BCUT2D eigenvalue weighted by atomic mass is 10.1. The van der Waals surface area contributed by atoms with Crippen molar-refractivity contribution >= 4 is 5.96 Å². The van der Waals surface area contributed by atoms with Crippen molar-refractivity contribution in [3.05, 3.63) is 0 Å². The van der Waals surface area contributed by atoms with E-state index in [9.17, 15) is 0 Å². The molecule has 2 rings (SSSR count). The summed E-state index contributed by atoms with van der Waals surface area (Å²) in [6, 6.07) is 0.543. The Kier molecular flexibility index (Phi) is 7.59. The number of nitrogens with one attached hydrogen (secondary N) is 1. The molecule has 1 atom stereocenters. The van der Waals surface area contributed by atoms with Crippen LogP contribution in [0.5, 0.6) is 0 Å². The minimum atomic E-state index is 0.429. The zero-order chi connectivity index (χ0) is 16.7. The molecule has 6 nitrogen and oxygen atoms in total. The number of hydrogen-bond acceptors (Lipinski definition) is 4. The van der Waals surface area contributed by atoms with Gasteiger partial charge in [0.1, 0.15) is 0 Å². The molecule has 2 aliphatic heterocycles. The van der Waals surface area contributed by atoms with Gasteiger partial charge in [-0.1, -0.05) is 0 Å². The molecule has 2 aliphatic rings. The molecule has 2 saturated heterocycles. The van der Waals surface area contributed by atoms with Crippen LogP contribution in [0.1, 0.15) is 26.7 Å². The topological polar surface area (TPSA) is 43.3 Å². The minimum absolute atomic E-state index is 0.429. The van der Waals surface area contributed by atoms with Crippen LogP contribution in [0.15, 0.2) is 4.99 Å². The first-order valence-corrected chi connectivity index (χ1v) is 9.13. The highest BCUT2D eigenvalue weighted by Gasteiger charge is 2.23. The number of guanidine groups is 1. The molecule has 0 saturated carbocycles. The fraction of sp³-hybridized carbons (Fsp3) is 0.941. The molecule has 2 fully saturated rings. The van der Waals surface area contributed by atoms with Crippen molar-refractivity contribution in [2.45, 2.75) is 38.8 Å². The van der Waals surface area contributed by atoms with E-state index >= 15 is 0 Å². The number of piperazine rings is 1. The van der Waals surface area contributed by atoms with Gasteiger partial charge in [-0.2, -0.15) is 0 Å². The Labute approximate surface area is 141 Å². The fourth-order valence-corrected chi connectivity index (χ4v) is 3.43. The Morgan fingerprint density at radius 3 is 2.39 bits per heavy atom. The number of aliphatic imine (C=N–C) groups is 1. The first-order chi connectivity index (χ1) is 11.1. The molecule has 1 unspecified atom stereocenters. The predicted octanol–water partition coefficient (Wildman–Crippen LogP) is 0.699. The molecule has 0 aromatic heterocycles. The molecule has 0 spiro atoms. The van der Waals surface area contributed by atoms with E-state index in [1.54, 1.807) is 0 Å². The monoisotopic (exact) mass is 325 g/mol. The van der Waals surface area contributed by atoms with Gasteiger partial charge in [-0.05, 0) is 33.7 Å². The summed E-state index contributed by atoms with van der Waals surface area (Å²) in [5.41, 5.74) is 0. The van der Waals surface area contributed by atoms with E-state index in [0.29, 0.717) is 12.1 Å². The lowest BCUT2D eigenvalue weighted by Crippen LogP contribution is -2.53. The molecule has 2 heterocycles. The second kappa shape index (κ2) is 9.45. The zero-order valence-corrected chi connectivity index (χ0v) is 15.4. The Bertz CT molecular complexity index is 360. The van der Waals surface area contributed by atoms with Gasteiger partial charge in [0.2, 0.25) is 0 Å². The van der Waals surface area contributed by atoms with Gasteiger partial charge < -0.3 is 19.9 Å². The van der Waals surface area contributed by atoms with Crippen molar-refractivity contribution in [2.75, 3.05) is 66.5 Å². The average Bonchev–Trinajstić information content (AvgIpc) is 2.57. The summed E-state index contributed by atoms with van der Waals surface area (Å²) >= 11 is 0. The van der Waals surface area contributed by atoms with Crippen LogP contribution in [0.3, 0.4) is 0 Å². The van der Waals surface area contributed by atoms with E-state index in [-0.39, 0.29) is 0 Å². The average molecular weight is 326 g/mol. The van der Waals surface area contributed by atoms with Gasteiger partial charge in [-0.15, -0.1) is 0 Å². The van der Waals surface area contributed by atoms with Gasteiger partial charge in [0, 0.05) is 65.5 Å². The Balaban J connectivity index is 1.73. The van der Waals surface area contributed by atoms with Crippen molar-refractivity contribution in [1.82, 2.24) is 20.0 Å². The summed E-state index contributed by atoms with van der Waals surface area (Å²) in [5.74, 6) is 1.04. The summed E-state index contributed by atoms with van der Waals surface area (Å²) in [5, 5.41) is 3.57. The first-order valence-electron chi connectivity index (χ1n) is 9.13. The molecule has 0 radical (unpaired) electrons. The van der Waals surface area contributed by atoms with Crippen LogP contribution < -0.4 is 5.32 Å². The van der Waals surface area contributed by atoms with E-state index < -0.39 is 0 Å². The van der Waals surface area contributed by atoms with Crippen LogP contribution in [0.25, 0.3) is 0 Å². The summed E-state index contributed by atoms with van der Waals surface area (Å²) in [4.78, 5) is 11.8. The second-order valence-corrected chi connectivity index (χ2v) is 6.76. The molecular formula is C17H35N5O. The third-order valence-corrected chi connectivity index (χ3v) is 5.07. The molecule has 134 valence electrons. The standard InChI is InChI=1S/C17H35N5O/c1-5-23-16-6-8-22(9-7-16)17(18-3)19-14-15(2)21-12-10-20(4)11-13-21/h15-16H,5-14H2,1-4H3,(H,18,19). The number of hydrogen-bond donors (Lipinski definition) is 1. The van der Waals surface area contributed by atoms with Crippen LogP contribution in [-0.4, -0.2) is 99.3 Å². The molecule has 1 N–H and O–H groups in total. The van der Waals surface area contributed by atoms with Gasteiger partial charge in [0.25, 0.3) is 0 Å². The molecule has 23 heavy (non-hydrogen) atoms.